The Morgan fingerprint density at radius 1 is 1.31 bits per heavy atom. The molecule has 5 rings (SSSR count). The van der Waals surface area contributed by atoms with E-state index in [1.807, 2.05) is 0 Å². The molecular formula is C27H37FN4O4. The summed E-state index contributed by atoms with van der Waals surface area (Å²) < 4.78 is 25.8. The first-order valence-electron chi connectivity index (χ1n) is 13.2. The molecule has 0 radical (unpaired) electrons. The van der Waals surface area contributed by atoms with Crippen molar-refractivity contribution in [3.8, 4) is 5.75 Å². The number of β-amino-alcohol motifs (C(OH)–C–C–N with tert-alkyl or cyclic N) is 1. The molecule has 1 aliphatic carbocycles. The van der Waals surface area contributed by atoms with E-state index >= 15 is 0 Å². The molecule has 8 nitrogen and oxygen atoms in total. The van der Waals surface area contributed by atoms with Crippen LogP contribution in [-0.2, 0) is 11.2 Å². The lowest BCUT2D eigenvalue weighted by molar-refractivity contribution is -0.151. The highest BCUT2D eigenvalue weighted by molar-refractivity contribution is 5.80. The molecule has 2 unspecified atom stereocenters. The molecule has 0 spiro atoms. The summed E-state index contributed by atoms with van der Waals surface area (Å²) in [5.74, 6) is 3.08. The number of piperidine rings is 1. The van der Waals surface area contributed by atoms with Crippen molar-refractivity contribution in [2.75, 3.05) is 37.7 Å². The van der Waals surface area contributed by atoms with Gasteiger partial charge in [-0.3, -0.25) is 4.79 Å². The zero-order chi connectivity index (χ0) is 25.4. The summed E-state index contributed by atoms with van der Waals surface area (Å²) in [5.41, 5.74) is -0.468. The minimum atomic E-state index is -0.823. The van der Waals surface area contributed by atoms with Gasteiger partial charge in [-0.2, -0.15) is 4.98 Å². The van der Waals surface area contributed by atoms with Crippen molar-refractivity contribution < 1.29 is 23.6 Å². The van der Waals surface area contributed by atoms with Crippen LogP contribution in [-0.4, -0.2) is 64.4 Å². The van der Waals surface area contributed by atoms with Gasteiger partial charge in [-0.25, -0.2) is 4.39 Å². The van der Waals surface area contributed by atoms with E-state index in [-0.39, 0.29) is 18.2 Å². The highest BCUT2D eigenvalue weighted by Gasteiger charge is 2.43. The van der Waals surface area contributed by atoms with E-state index in [0.717, 1.165) is 50.0 Å². The number of amides is 1. The van der Waals surface area contributed by atoms with Gasteiger partial charge < -0.3 is 24.2 Å². The summed E-state index contributed by atoms with van der Waals surface area (Å²) in [7, 11) is 0. The number of likely N-dealkylation sites (tertiary alicyclic amines) is 1. The number of aromatic nitrogens is 2. The van der Waals surface area contributed by atoms with Crippen LogP contribution >= 0.6 is 0 Å². The van der Waals surface area contributed by atoms with Gasteiger partial charge in [-0.05, 0) is 62.0 Å². The van der Waals surface area contributed by atoms with Gasteiger partial charge in [-0.15, -0.1) is 0 Å². The molecular weight excluding hydrogens is 463 g/mol. The number of halogens is 1. The number of carbonyl (C=O) groups excluding carboxylic acids is 1. The van der Waals surface area contributed by atoms with Crippen molar-refractivity contribution >= 4 is 11.9 Å². The van der Waals surface area contributed by atoms with Crippen LogP contribution in [0.15, 0.2) is 22.7 Å². The molecule has 1 aromatic carbocycles. The third-order valence-electron chi connectivity index (χ3n) is 7.88. The van der Waals surface area contributed by atoms with E-state index in [0.29, 0.717) is 42.9 Å². The maximum Gasteiger partial charge on any atom is 0.324 e. The Morgan fingerprint density at radius 3 is 2.69 bits per heavy atom. The van der Waals surface area contributed by atoms with Crippen molar-refractivity contribution in [3.05, 3.63) is 35.4 Å². The number of anilines is 1. The van der Waals surface area contributed by atoms with Gasteiger partial charge in [0.1, 0.15) is 11.6 Å². The molecule has 1 N–H and O–H groups in total. The van der Waals surface area contributed by atoms with Crippen molar-refractivity contribution in [3.63, 3.8) is 0 Å². The van der Waals surface area contributed by atoms with E-state index in [9.17, 15) is 14.3 Å². The third-order valence-corrected chi connectivity index (χ3v) is 7.88. The molecule has 2 aliphatic heterocycles. The highest BCUT2D eigenvalue weighted by Crippen LogP contribution is 2.50. The van der Waals surface area contributed by atoms with Gasteiger partial charge in [0.05, 0.1) is 31.7 Å². The maximum absolute atomic E-state index is 14.5. The van der Waals surface area contributed by atoms with Crippen LogP contribution in [0.3, 0.4) is 0 Å². The number of ether oxygens (including phenoxy) is 1. The van der Waals surface area contributed by atoms with Crippen LogP contribution in [0.1, 0.15) is 63.8 Å². The molecule has 3 aliphatic rings. The van der Waals surface area contributed by atoms with Crippen LogP contribution < -0.4 is 9.64 Å². The average molecular weight is 501 g/mol. The molecule has 196 valence electrons. The molecule has 2 aromatic rings. The summed E-state index contributed by atoms with van der Waals surface area (Å²) in [4.78, 5) is 20.5. The topological polar surface area (TPSA) is 91.9 Å². The first-order valence-corrected chi connectivity index (χ1v) is 13.2. The van der Waals surface area contributed by atoms with Gasteiger partial charge in [0.2, 0.25) is 5.91 Å². The van der Waals surface area contributed by atoms with Gasteiger partial charge >= 0.3 is 6.01 Å². The van der Waals surface area contributed by atoms with Gasteiger partial charge in [0, 0.05) is 25.1 Å². The Kier molecular flexibility index (Phi) is 6.94. The third kappa shape index (κ3) is 5.66. The predicted molar refractivity (Wildman–Crippen MR) is 132 cm³/mol. The molecule has 3 heterocycles. The molecule has 2 saturated heterocycles. The van der Waals surface area contributed by atoms with E-state index in [4.69, 9.17) is 9.26 Å². The zero-order valence-electron chi connectivity index (χ0n) is 21.5. The molecule has 2 atom stereocenters. The lowest BCUT2D eigenvalue weighted by atomic mass is 9.90. The first kappa shape index (κ1) is 25.0. The minimum Gasteiger partial charge on any atom is -0.493 e. The van der Waals surface area contributed by atoms with E-state index in [1.165, 1.54) is 12.5 Å². The Morgan fingerprint density at radius 2 is 2.06 bits per heavy atom. The number of aliphatic hydroxyl groups is 1. The van der Waals surface area contributed by atoms with Crippen LogP contribution in [0, 0.1) is 23.6 Å². The molecule has 1 saturated carbocycles. The van der Waals surface area contributed by atoms with Crippen molar-refractivity contribution in [2.24, 2.45) is 17.8 Å². The second-order valence-corrected chi connectivity index (χ2v) is 11.4. The van der Waals surface area contributed by atoms with E-state index in [1.54, 1.807) is 24.0 Å². The summed E-state index contributed by atoms with van der Waals surface area (Å²) in [6.07, 6.45) is 4.49. The molecule has 3 fully saturated rings. The number of carbonyl (C=O) groups is 1. The Balaban J connectivity index is 1.01. The summed E-state index contributed by atoms with van der Waals surface area (Å²) in [6, 6.07) is 5.38. The molecule has 36 heavy (non-hydrogen) atoms. The number of nitrogens with zero attached hydrogens (tertiary/aromatic N) is 4. The Hall–Kier alpha value is -2.68. The zero-order valence-corrected chi connectivity index (χ0v) is 21.5. The van der Waals surface area contributed by atoms with Crippen molar-refractivity contribution in [2.45, 2.75) is 64.4 Å². The van der Waals surface area contributed by atoms with Crippen LogP contribution in [0.25, 0.3) is 0 Å². The molecule has 9 heteroatoms. The van der Waals surface area contributed by atoms with Crippen molar-refractivity contribution in [1.29, 1.82) is 0 Å². The monoisotopic (exact) mass is 500 g/mol. The van der Waals surface area contributed by atoms with Gasteiger partial charge in [0.25, 0.3) is 0 Å². The summed E-state index contributed by atoms with van der Waals surface area (Å²) in [5, 5.41) is 13.9. The standard InChI is InChI=1S/C27H37FN4O4/c1-17(2)25-29-26(36-30-25)31-9-6-18(7-10-31)22-12-19(22)8-11-35-21-5-4-20(23(28)14-21)13-24(33)32-15-27(3,34)16-32/h4-5,14,17-19,22,34H,6-13,15-16H2,1-3H3. The van der Waals surface area contributed by atoms with Crippen LogP contribution in [0.4, 0.5) is 10.4 Å². The first-order chi connectivity index (χ1) is 17.2. The fourth-order valence-electron chi connectivity index (χ4n) is 5.61. The highest BCUT2D eigenvalue weighted by atomic mass is 19.1. The largest absolute Gasteiger partial charge is 0.493 e. The fraction of sp³-hybridized carbons (Fsp3) is 0.667. The summed E-state index contributed by atoms with van der Waals surface area (Å²) in [6.45, 7) is 8.89. The fourth-order valence-corrected chi connectivity index (χ4v) is 5.61. The minimum absolute atomic E-state index is 0.00382. The molecule has 1 amide bonds. The number of hydrogen-bond donors (Lipinski definition) is 1. The molecule has 1 aromatic heterocycles. The van der Waals surface area contributed by atoms with Crippen LogP contribution in [0.5, 0.6) is 5.75 Å². The smallest absolute Gasteiger partial charge is 0.324 e. The Bertz CT molecular complexity index is 1070. The second kappa shape index (κ2) is 10.00. The van der Waals surface area contributed by atoms with Crippen molar-refractivity contribution in [1.82, 2.24) is 15.0 Å². The van der Waals surface area contributed by atoms with Crippen LogP contribution in [0.2, 0.25) is 0 Å². The number of benzene rings is 1. The Labute approximate surface area is 211 Å². The van der Waals surface area contributed by atoms with Gasteiger partial charge in [-0.1, -0.05) is 25.1 Å². The normalized spacial score (nSPS) is 23.6. The SMILES string of the molecule is CC(C)c1noc(N2CCC(C3CC3CCOc3ccc(CC(=O)N4CC(C)(O)C4)c(F)c3)CC2)n1. The predicted octanol–water partition coefficient (Wildman–Crippen LogP) is 3.79. The lowest BCUT2D eigenvalue weighted by Gasteiger charge is -2.44. The van der Waals surface area contributed by atoms with Gasteiger partial charge in [0.15, 0.2) is 5.82 Å². The summed E-state index contributed by atoms with van der Waals surface area (Å²) >= 11 is 0. The lowest BCUT2D eigenvalue weighted by Crippen LogP contribution is -2.62. The second-order valence-electron chi connectivity index (χ2n) is 11.4. The number of rotatable bonds is 9. The van der Waals surface area contributed by atoms with E-state index in [2.05, 4.69) is 28.9 Å². The maximum atomic E-state index is 14.5. The molecule has 0 bridgehead atoms. The quantitative estimate of drug-likeness (QED) is 0.560. The average Bonchev–Trinajstić information content (AvgIpc) is 3.41. The number of hydrogen-bond acceptors (Lipinski definition) is 7. The van der Waals surface area contributed by atoms with E-state index < -0.39 is 11.4 Å².